The number of sulfonamides is 1. The standard InChI is InChI=1S/C18H21FN2O2S/c19-16-9-6-10-17(13-16)24(22,23)20-14-18(21-11-4-5-12-21)15-7-2-1-3-8-15/h1-3,6-10,13,18,20H,4-5,11-12,14H2/t18-/m0/s1. The molecule has 0 amide bonds. The van der Waals surface area contributed by atoms with E-state index in [0.29, 0.717) is 0 Å². The molecule has 24 heavy (non-hydrogen) atoms. The summed E-state index contributed by atoms with van der Waals surface area (Å²) < 4.78 is 40.8. The van der Waals surface area contributed by atoms with E-state index in [-0.39, 0.29) is 17.5 Å². The molecule has 2 aromatic rings. The minimum atomic E-state index is -3.73. The maximum atomic E-state index is 13.3. The van der Waals surface area contributed by atoms with E-state index < -0.39 is 15.8 Å². The molecule has 6 heteroatoms. The van der Waals surface area contributed by atoms with Gasteiger partial charge in [0, 0.05) is 12.6 Å². The molecular weight excluding hydrogens is 327 g/mol. The van der Waals surface area contributed by atoms with Crippen molar-refractivity contribution >= 4 is 10.0 Å². The van der Waals surface area contributed by atoms with Crippen LogP contribution in [0.3, 0.4) is 0 Å². The second-order valence-corrected chi connectivity index (χ2v) is 7.75. The van der Waals surface area contributed by atoms with E-state index in [2.05, 4.69) is 9.62 Å². The Kier molecular flexibility index (Phi) is 5.28. The van der Waals surface area contributed by atoms with E-state index in [1.54, 1.807) is 0 Å². The lowest BCUT2D eigenvalue weighted by atomic mass is 10.1. The van der Waals surface area contributed by atoms with E-state index >= 15 is 0 Å². The van der Waals surface area contributed by atoms with Gasteiger partial charge >= 0.3 is 0 Å². The third kappa shape index (κ3) is 4.01. The molecule has 1 aliphatic heterocycles. The lowest BCUT2D eigenvalue weighted by molar-refractivity contribution is 0.246. The first-order valence-corrected chi connectivity index (χ1v) is 9.59. The SMILES string of the molecule is O=S(=O)(NC[C@@H](c1ccccc1)N1CCCC1)c1cccc(F)c1. The van der Waals surface area contributed by atoms with Crippen LogP contribution in [0.1, 0.15) is 24.4 Å². The summed E-state index contributed by atoms with van der Waals surface area (Å²) in [5, 5.41) is 0. The number of benzene rings is 2. The number of halogens is 1. The van der Waals surface area contributed by atoms with Crippen LogP contribution in [-0.4, -0.2) is 33.0 Å². The molecule has 1 heterocycles. The Morgan fingerprint density at radius 3 is 2.42 bits per heavy atom. The smallest absolute Gasteiger partial charge is 0.240 e. The maximum Gasteiger partial charge on any atom is 0.240 e. The minimum Gasteiger partial charge on any atom is -0.295 e. The highest BCUT2D eigenvalue weighted by Crippen LogP contribution is 2.25. The van der Waals surface area contributed by atoms with Gasteiger partial charge in [0.2, 0.25) is 10.0 Å². The summed E-state index contributed by atoms with van der Waals surface area (Å²) in [6.45, 7) is 2.19. The molecular formula is C18H21FN2O2S. The summed E-state index contributed by atoms with van der Waals surface area (Å²) in [4.78, 5) is 2.25. The molecule has 0 aliphatic carbocycles. The molecule has 2 aromatic carbocycles. The van der Waals surface area contributed by atoms with Gasteiger partial charge in [-0.05, 0) is 49.7 Å². The number of nitrogens with one attached hydrogen (secondary N) is 1. The molecule has 0 unspecified atom stereocenters. The Hall–Kier alpha value is -1.76. The summed E-state index contributed by atoms with van der Waals surface area (Å²) in [7, 11) is -3.73. The topological polar surface area (TPSA) is 49.4 Å². The van der Waals surface area contributed by atoms with Crippen molar-refractivity contribution in [3.63, 3.8) is 0 Å². The van der Waals surface area contributed by atoms with Crippen LogP contribution in [0.4, 0.5) is 4.39 Å². The predicted octanol–water partition coefficient (Wildman–Crippen LogP) is 2.94. The fourth-order valence-electron chi connectivity index (χ4n) is 3.09. The molecule has 3 rings (SSSR count). The molecule has 4 nitrogen and oxygen atoms in total. The van der Waals surface area contributed by atoms with Crippen LogP contribution in [0.15, 0.2) is 59.5 Å². The van der Waals surface area contributed by atoms with E-state index in [1.165, 1.54) is 18.2 Å². The van der Waals surface area contributed by atoms with E-state index in [9.17, 15) is 12.8 Å². The van der Waals surface area contributed by atoms with Crippen molar-refractivity contribution in [2.45, 2.75) is 23.8 Å². The number of hydrogen-bond acceptors (Lipinski definition) is 3. The molecule has 0 bridgehead atoms. The Labute approximate surface area is 142 Å². The van der Waals surface area contributed by atoms with Crippen LogP contribution in [0.25, 0.3) is 0 Å². The summed E-state index contributed by atoms with van der Waals surface area (Å²) in [5.41, 5.74) is 1.08. The Balaban J connectivity index is 1.78. The Bertz CT molecular complexity index is 775. The van der Waals surface area contributed by atoms with Crippen LogP contribution in [0.2, 0.25) is 0 Å². The van der Waals surface area contributed by atoms with Gasteiger partial charge in [-0.2, -0.15) is 0 Å². The molecule has 1 fully saturated rings. The summed E-state index contributed by atoms with van der Waals surface area (Å²) in [6.07, 6.45) is 2.25. The van der Waals surface area contributed by atoms with Crippen LogP contribution in [0.5, 0.6) is 0 Å². The second-order valence-electron chi connectivity index (χ2n) is 5.98. The summed E-state index contributed by atoms with van der Waals surface area (Å²) in [6, 6.07) is 14.9. The zero-order chi connectivity index (χ0) is 17.0. The Morgan fingerprint density at radius 2 is 1.75 bits per heavy atom. The van der Waals surface area contributed by atoms with Gasteiger partial charge in [-0.25, -0.2) is 17.5 Å². The second kappa shape index (κ2) is 7.42. The van der Waals surface area contributed by atoms with Crippen molar-refractivity contribution in [3.8, 4) is 0 Å². The first-order valence-electron chi connectivity index (χ1n) is 8.10. The lowest BCUT2D eigenvalue weighted by Gasteiger charge is -2.28. The van der Waals surface area contributed by atoms with Crippen molar-refractivity contribution in [1.82, 2.24) is 9.62 Å². The van der Waals surface area contributed by atoms with Crippen LogP contribution >= 0.6 is 0 Å². The largest absolute Gasteiger partial charge is 0.295 e. The normalized spacial score (nSPS) is 17.0. The van der Waals surface area contributed by atoms with Crippen LogP contribution in [-0.2, 0) is 10.0 Å². The Morgan fingerprint density at radius 1 is 1.04 bits per heavy atom. The summed E-state index contributed by atoms with van der Waals surface area (Å²) >= 11 is 0. The van der Waals surface area contributed by atoms with Gasteiger partial charge in [-0.1, -0.05) is 36.4 Å². The van der Waals surface area contributed by atoms with Crippen LogP contribution < -0.4 is 4.72 Å². The van der Waals surface area contributed by atoms with Crippen molar-refractivity contribution < 1.29 is 12.8 Å². The van der Waals surface area contributed by atoms with Crippen molar-refractivity contribution in [2.75, 3.05) is 19.6 Å². The van der Waals surface area contributed by atoms with Gasteiger partial charge in [0.1, 0.15) is 5.82 Å². The number of nitrogens with zero attached hydrogens (tertiary/aromatic N) is 1. The third-order valence-electron chi connectivity index (χ3n) is 4.34. The molecule has 128 valence electrons. The summed E-state index contributed by atoms with van der Waals surface area (Å²) in [5.74, 6) is -0.558. The zero-order valence-corrected chi connectivity index (χ0v) is 14.2. The monoisotopic (exact) mass is 348 g/mol. The first-order chi connectivity index (χ1) is 11.6. The fourth-order valence-corrected chi connectivity index (χ4v) is 4.16. The zero-order valence-electron chi connectivity index (χ0n) is 13.4. The highest BCUT2D eigenvalue weighted by atomic mass is 32.2. The average Bonchev–Trinajstić information content (AvgIpc) is 3.10. The lowest BCUT2D eigenvalue weighted by Crippen LogP contribution is -2.36. The molecule has 0 saturated carbocycles. The third-order valence-corrected chi connectivity index (χ3v) is 5.76. The average molecular weight is 348 g/mol. The molecule has 1 atom stereocenters. The van der Waals surface area contributed by atoms with Gasteiger partial charge < -0.3 is 0 Å². The molecule has 1 aliphatic rings. The molecule has 0 aromatic heterocycles. The number of hydrogen-bond donors (Lipinski definition) is 1. The highest BCUT2D eigenvalue weighted by molar-refractivity contribution is 7.89. The van der Waals surface area contributed by atoms with Crippen LogP contribution in [0, 0.1) is 5.82 Å². The molecule has 0 radical (unpaired) electrons. The van der Waals surface area contributed by atoms with Crippen molar-refractivity contribution in [1.29, 1.82) is 0 Å². The first kappa shape index (κ1) is 17.1. The predicted molar refractivity (Wildman–Crippen MR) is 91.6 cm³/mol. The highest BCUT2D eigenvalue weighted by Gasteiger charge is 2.25. The van der Waals surface area contributed by atoms with Gasteiger partial charge in [-0.15, -0.1) is 0 Å². The number of likely N-dealkylation sites (tertiary alicyclic amines) is 1. The van der Waals surface area contributed by atoms with E-state index in [4.69, 9.17) is 0 Å². The number of rotatable bonds is 6. The quantitative estimate of drug-likeness (QED) is 0.873. The van der Waals surface area contributed by atoms with Gasteiger partial charge in [-0.3, -0.25) is 4.90 Å². The molecule has 0 spiro atoms. The van der Waals surface area contributed by atoms with Crippen molar-refractivity contribution in [2.24, 2.45) is 0 Å². The van der Waals surface area contributed by atoms with Gasteiger partial charge in [0.15, 0.2) is 0 Å². The van der Waals surface area contributed by atoms with Gasteiger partial charge in [0.05, 0.1) is 4.90 Å². The fraction of sp³-hybridized carbons (Fsp3) is 0.333. The maximum absolute atomic E-state index is 13.3. The van der Waals surface area contributed by atoms with E-state index in [1.807, 2.05) is 30.3 Å². The van der Waals surface area contributed by atoms with E-state index in [0.717, 1.165) is 37.6 Å². The minimum absolute atomic E-state index is 0.0166. The molecule has 1 N–H and O–H groups in total. The molecule has 1 saturated heterocycles. The van der Waals surface area contributed by atoms with Gasteiger partial charge in [0.25, 0.3) is 0 Å². The van der Waals surface area contributed by atoms with Crippen molar-refractivity contribution in [3.05, 3.63) is 66.0 Å².